The molecular formula is C17H29N3O. The first-order valence-corrected chi connectivity index (χ1v) is 7.81. The van der Waals surface area contributed by atoms with Crippen LogP contribution in [-0.4, -0.2) is 12.1 Å². The average molecular weight is 291 g/mol. The lowest BCUT2D eigenvalue weighted by molar-refractivity contribution is 0.248. The Bertz CT molecular complexity index is 443. The van der Waals surface area contributed by atoms with Crippen molar-refractivity contribution in [3.05, 3.63) is 29.8 Å². The van der Waals surface area contributed by atoms with Crippen LogP contribution in [0.25, 0.3) is 0 Å². The number of nitrogens with one attached hydrogen (secondary N) is 2. The molecule has 1 aromatic rings. The molecule has 4 nitrogen and oxygen atoms in total. The Morgan fingerprint density at radius 1 is 1.19 bits per heavy atom. The first-order valence-electron chi connectivity index (χ1n) is 7.81. The smallest absolute Gasteiger partial charge is 0.319 e. The summed E-state index contributed by atoms with van der Waals surface area (Å²) in [6, 6.07) is 7.63. The highest BCUT2D eigenvalue weighted by atomic mass is 16.2. The summed E-state index contributed by atoms with van der Waals surface area (Å²) in [5.41, 5.74) is 7.63. The van der Waals surface area contributed by atoms with Gasteiger partial charge in [0.2, 0.25) is 0 Å². The Labute approximate surface area is 128 Å². The molecule has 0 aromatic heterocycles. The number of hydrogen-bond donors (Lipinski definition) is 3. The van der Waals surface area contributed by atoms with E-state index >= 15 is 0 Å². The Balaban J connectivity index is 2.41. The zero-order valence-corrected chi connectivity index (χ0v) is 13.6. The van der Waals surface area contributed by atoms with Gasteiger partial charge in [0.05, 0.1) is 0 Å². The highest BCUT2D eigenvalue weighted by molar-refractivity contribution is 5.89. The molecule has 0 saturated heterocycles. The van der Waals surface area contributed by atoms with Crippen molar-refractivity contribution in [3.8, 4) is 0 Å². The number of urea groups is 1. The molecule has 0 fully saturated rings. The highest BCUT2D eigenvalue weighted by Gasteiger charge is 2.08. The second-order valence-corrected chi connectivity index (χ2v) is 6.24. The Morgan fingerprint density at radius 2 is 1.90 bits per heavy atom. The predicted molar refractivity (Wildman–Crippen MR) is 89.3 cm³/mol. The van der Waals surface area contributed by atoms with Crippen LogP contribution in [0.2, 0.25) is 0 Å². The first kappa shape index (κ1) is 17.5. The minimum Gasteiger partial charge on any atom is -0.335 e. The minimum atomic E-state index is -0.158. The van der Waals surface area contributed by atoms with Crippen LogP contribution in [0.3, 0.4) is 0 Å². The molecule has 0 aliphatic carbocycles. The van der Waals surface area contributed by atoms with Crippen LogP contribution in [-0.2, 0) is 0 Å². The van der Waals surface area contributed by atoms with Gasteiger partial charge in [0.1, 0.15) is 0 Å². The van der Waals surface area contributed by atoms with Crippen molar-refractivity contribution in [2.75, 3.05) is 5.32 Å². The van der Waals surface area contributed by atoms with Crippen molar-refractivity contribution in [3.63, 3.8) is 0 Å². The molecule has 0 radical (unpaired) electrons. The van der Waals surface area contributed by atoms with Gasteiger partial charge in [-0.2, -0.15) is 0 Å². The van der Waals surface area contributed by atoms with Crippen LogP contribution in [0.5, 0.6) is 0 Å². The Hall–Kier alpha value is -1.55. The summed E-state index contributed by atoms with van der Waals surface area (Å²) in [5, 5.41) is 5.83. The molecule has 1 aromatic carbocycles. The summed E-state index contributed by atoms with van der Waals surface area (Å²) in [7, 11) is 0. The lowest BCUT2D eigenvalue weighted by atomic mass is 10.0. The summed E-state index contributed by atoms with van der Waals surface area (Å²) in [6.07, 6.45) is 3.34. The number of nitrogens with two attached hydrogens (primary N) is 1. The molecule has 0 heterocycles. The van der Waals surface area contributed by atoms with Crippen molar-refractivity contribution in [2.45, 2.75) is 59.0 Å². The van der Waals surface area contributed by atoms with Crippen molar-refractivity contribution >= 4 is 11.7 Å². The van der Waals surface area contributed by atoms with E-state index in [0.717, 1.165) is 24.1 Å². The first-order chi connectivity index (χ1) is 9.88. The quantitative estimate of drug-likeness (QED) is 0.709. The van der Waals surface area contributed by atoms with Crippen LogP contribution < -0.4 is 16.4 Å². The number of carbonyl (C=O) groups excluding carboxylic acids is 1. The molecule has 0 saturated carbocycles. The molecule has 0 bridgehead atoms. The zero-order chi connectivity index (χ0) is 15.8. The number of benzene rings is 1. The van der Waals surface area contributed by atoms with Crippen molar-refractivity contribution < 1.29 is 4.79 Å². The van der Waals surface area contributed by atoms with Crippen molar-refractivity contribution in [1.82, 2.24) is 5.32 Å². The molecule has 2 unspecified atom stereocenters. The van der Waals surface area contributed by atoms with E-state index in [2.05, 4.69) is 24.5 Å². The number of hydrogen-bond acceptors (Lipinski definition) is 2. The fourth-order valence-corrected chi connectivity index (χ4v) is 2.20. The van der Waals surface area contributed by atoms with Crippen LogP contribution in [0.1, 0.15) is 58.6 Å². The molecular weight excluding hydrogens is 262 g/mol. The second-order valence-electron chi connectivity index (χ2n) is 6.24. The number of amides is 2. The summed E-state index contributed by atoms with van der Waals surface area (Å²) in [6.45, 7) is 8.40. The van der Waals surface area contributed by atoms with Gasteiger partial charge in [-0.3, -0.25) is 0 Å². The van der Waals surface area contributed by atoms with Gasteiger partial charge in [-0.05, 0) is 43.9 Å². The van der Waals surface area contributed by atoms with E-state index in [1.54, 1.807) is 0 Å². The highest BCUT2D eigenvalue weighted by Crippen LogP contribution is 2.15. The van der Waals surface area contributed by atoms with Gasteiger partial charge in [0.25, 0.3) is 0 Å². The minimum absolute atomic E-state index is 0.0373. The zero-order valence-electron chi connectivity index (χ0n) is 13.6. The van der Waals surface area contributed by atoms with Gasteiger partial charge in [-0.25, -0.2) is 4.79 Å². The number of rotatable bonds is 7. The monoisotopic (exact) mass is 291 g/mol. The van der Waals surface area contributed by atoms with Crippen LogP contribution in [0.15, 0.2) is 24.3 Å². The normalized spacial score (nSPS) is 13.8. The molecule has 2 amide bonds. The van der Waals surface area contributed by atoms with E-state index in [9.17, 15) is 4.79 Å². The molecule has 2 atom stereocenters. The van der Waals surface area contributed by atoms with E-state index in [1.165, 1.54) is 6.42 Å². The SMILES string of the molecule is CC(C)CCCC(C)NC(=O)Nc1cccc(C(C)N)c1. The maximum Gasteiger partial charge on any atom is 0.319 e. The average Bonchev–Trinajstić information content (AvgIpc) is 2.38. The van der Waals surface area contributed by atoms with E-state index in [0.29, 0.717) is 5.92 Å². The van der Waals surface area contributed by atoms with E-state index in [1.807, 2.05) is 38.1 Å². The van der Waals surface area contributed by atoms with Gasteiger partial charge in [-0.1, -0.05) is 38.8 Å². The Morgan fingerprint density at radius 3 is 2.52 bits per heavy atom. The van der Waals surface area contributed by atoms with Crippen molar-refractivity contribution in [2.24, 2.45) is 11.7 Å². The third kappa shape index (κ3) is 7.14. The van der Waals surface area contributed by atoms with E-state index in [-0.39, 0.29) is 18.1 Å². The third-order valence-electron chi connectivity index (χ3n) is 3.47. The summed E-state index contributed by atoms with van der Waals surface area (Å²) in [5.74, 6) is 0.715. The van der Waals surface area contributed by atoms with Gasteiger partial charge in [0, 0.05) is 17.8 Å². The predicted octanol–water partition coefficient (Wildman–Crippen LogP) is 4.04. The third-order valence-corrected chi connectivity index (χ3v) is 3.47. The topological polar surface area (TPSA) is 67.2 Å². The largest absolute Gasteiger partial charge is 0.335 e. The standard InChI is InChI=1S/C17H29N3O/c1-12(2)7-5-8-13(3)19-17(21)20-16-10-6-9-15(11-16)14(4)18/h6,9-14H,5,7-8,18H2,1-4H3,(H2,19,20,21). The fraction of sp³-hybridized carbons (Fsp3) is 0.588. The molecule has 0 aliphatic heterocycles. The van der Waals surface area contributed by atoms with Crippen molar-refractivity contribution in [1.29, 1.82) is 0 Å². The molecule has 0 spiro atoms. The van der Waals surface area contributed by atoms with Crippen LogP contribution in [0.4, 0.5) is 10.5 Å². The maximum absolute atomic E-state index is 11.9. The fourth-order valence-electron chi connectivity index (χ4n) is 2.20. The summed E-state index contributed by atoms with van der Waals surface area (Å²) < 4.78 is 0. The molecule has 0 aliphatic rings. The summed E-state index contributed by atoms with van der Waals surface area (Å²) in [4.78, 5) is 11.9. The van der Waals surface area contributed by atoms with Gasteiger partial charge >= 0.3 is 6.03 Å². The number of anilines is 1. The van der Waals surface area contributed by atoms with Gasteiger partial charge < -0.3 is 16.4 Å². The van der Waals surface area contributed by atoms with Crippen LogP contribution >= 0.6 is 0 Å². The maximum atomic E-state index is 11.9. The molecule has 1 rings (SSSR count). The Kier molecular flexibility index (Phi) is 7.23. The number of carbonyl (C=O) groups is 1. The van der Waals surface area contributed by atoms with E-state index < -0.39 is 0 Å². The lowest BCUT2D eigenvalue weighted by Gasteiger charge is -2.16. The second kappa shape index (κ2) is 8.67. The molecule has 4 heteroatoms. The molecule has 118 valence electrons. The lowest BCUT2D eigenvalue weighted by Crippen LogP contribution is -2.36. The van der Waals surface area contributed by atoms with Gasteiger partial charge in [0.15, 0.2) is 0 Å². The molecule has 4 N–H and O–H groups in total. The van der Waals surface area contributed by atoms with Crippen LogP contribution in [0, 0.1) is 5.92 Å². The van der Waals surface area contributed by atoms with E-state index in [4.69, 9.17) is 5.73 Å². The molecule has 21 heavy (non-hydrogen) atoms. The van der Waals surface area contributed by atoms with Gasteiger partial charge in [-0.15, -0.1) is 0 Å². The summed E-state index contributed by atoms with van der Waals surface area (Å²) >= 11 is 0.